The molecule has 2 heterocycles. The van der Waals surface area contributed by atoms with Gasteiger partial charge in [-0.15, -0.1) is 0 Å². The smallest absolute Gasteiger partial charge is 0.233 e. The van der Waals surface area contributed by atoms with Gasteiger partial charge in [-0.2, -0.15) is 0 Å². The Hall–Kier alpha value is -1.74. The molecule has 0 saturated carbocycles. The first-order chi connectivity index (χ1) is 12.4. The van der Waals surface area contributed by atoms with Crippen LogP contribution in [-0.2, 0) is 14.6 Å². The van der Waals surface area contributed by atoms with E-state index in [-0.39, 0.29) is 29.2 Å². The van der Waals surface area contributed by atoms with E-state index in [1.54, 1.807) is 12.0 Å². The van der Waals surface area contributed by atoms with Gasteiger partial charge in [0, 0.05) is 18.7 Å². The normalized spacial score (nSPS) is 18.9. The quantitative estimate of drug-likeness (QED) is 0.719. The zero-order valence-electron chi connectivity index (χ0n) is 14.9. The minimum absolute atomic E-state index is 0.0445. The summed E-state index contributed by atoms with van der Waals surface area (Å²) < 4.78 is 28.7. The van der Waals surface area contributed by atoms with Gasteiger partial charge in [-0.25, -0.2) is 13.4 Å². The molecule has 1 aromatic heterocycles. The molecular weight excluding hydrogens is 374 g/mol. The molecule has 0 aliphatic carbocycles. The highest BCUT2D eigenvalue weighted by molar-refractivity contribution is 7.99. The molecule has 1 atom stereocenters. The number of hydrogen-bond donors (Lipinski definition) is 1. The Bertz CT molecular complexity index is 895. The monoisotopic (exact) mass is 397 g/mol. The number of benzene rings is 1. The highest BCUT2D eigenvalue weighted by atomic mass is 32.2. The molecule has 7 nitrogen and oxygen atoms in total. The van der Waals surface area contributed by atoms with E-state index in [2.05, 4.69) is 9.97 Å². The summed E-state index contributed by atoms with van der Waals surface area (Å²) in [5.74, 6) is 1.17. The fraction of sp³-hybridized carbons (Fsp3) is 0.529. The van der Waals surface area contributed by atoms with Gasteiger partial charge in [0.2, 0.25) is 5.91 Å². The molecule has 1 aliphatic rings. The molecule has 1 aromatic carbocycles. The Morgan fingerprint density at radius 1 is 1.46 bits per heavy atom. The third-order valence-electron chi connectivity index (χ3n) is 4.43. The van der Waals surface area contributed by atoms with Crippen LogP contribution >= 0.6 is 11.8 Å². The van der Waals surface area contributed by atoms with Gasteiger partial charge in [-0.1, -0.05) is 18.7 Å². The second kappa shape index (κ2) is 7.87. The van der Waals surface area contributed by atoms with Crippen molar-refractivity contribution in [3.8, 4) is 5.75 Å². The second-order valence-electron chi connectivity index (χ2n) is 6.36. The lowest BCUT2D eigenvalue weighted by molar-refractivity contribution is -0.130. The molecule has 1 N–H and O–H groups in total. The van der Waals surface area contributed by atoms with Crippen molar-refractivity contribution in [1.82, 2.24) is 14.9 Å². The number of ether oxygens (including phenoxy) is 1. The Balaban J connectivity index is 1.66. The number of carbonyl (C=O) groups excluding carboxylic acids is 1. The van der Waals surface area contributed by atoms with Crippen LogP contribution in [0.15, 0.2) is 23.4 Å². The molecule has 1 fully saturated rings. The van der Waals surface area contributed by atoms with Gasteiger partial charge in [0.05, 0.1) is 35.4 Å². The lowest BCUT2D eigenvalue weighted by Gasteiger charge is -2.27. The van der Waals surface area contributed by atoms with Gasteiger partial charge in [0.15, 0.2) is 15.0 Å². The van der Waals surface area contributed by atoms with E-state index in [1.807, 2.05) is 25.1 Å². The largest absolute Gasteiger partial charge is 0.497 e. The predicted octanol–water partition coefficient (Wildman–Crippen LogP) is 2.09. The number of fused-ring (bicyclic) bond motifs is 1. The summed E-state index contributed by atoms with van der Waals surface area (Å²) in [7, 11) is -1.41. The second-order valence-corrected chi connectivity index (χ2v) is 9.55. The molecule has 2 aromatic rings. The van der Waals surface area contributed by atoms with Crippen LogP contribution < -0.4 is 4.74 Å². The zero-order valence-corrected chi connectivity index (χ0v) is 16.5. The van der Waals surface area contributed by atoms with E-state index in [0.717, 1.165) is 23.2 Å². The van der Waals surface area contributed by atoms with Crippen LogP contribution in [0.25, 0.3) is 11.0 Å². The van der Waals surface area contributed by atoms with Crippen LogP contribution in [0.3, 0.4) is 0 Å². The number of sulfone groups is 1. The molecule has 142 valence electrons. The number of aromatic nitrogens is 2. The van der Waals surface area contributed by atoms with Gasteiger partial charge < -0.3 is 14.6 Å². The van der Waals surface area contributed by atoms with Crippen molar-refractivity contribution in [3.05, 3.63) is 18.2 Å². The summed E-state index contributed by atoms with van der Waals surface area (Å²) in [4.78, 5) is 22.0. The molecular formula is C17H23N3O4S2. The van der Waals surface area contributed by atoms with E-state index in [4.69, 9.17) is 4.74 Å². The van der Waals surface area contributed by atoms with E-state index in [9.17, 15) is 13.2 Å². The highest BCUT2D eigenvalue weighted by Crippen LogP contribution is 2.24. The van der Waals surface area contributed by atoms with E-state index in [0.29, 0.717) is 18.1 Å². The average Bonchev–Trinajstić information content (AvgIpc) is 3.19. The first kappa shape index (κ1) is 19.0. The maximum absolute atomic E-state index is 12.7. The third-order valence-corrected chi connectivity index (χ3v) is 7.04. The maximum Gasteiger partial charge on any atom is 0.233 e. The number of amides is 1. The van der Waals surface area contributed by atoms with E-state index >= 15 is 0 Å². The Labute approximate surface area is 157 Å². The SMILES string of the molecule is CCCN(C(=O)CSc1nc2ccc(OC)cc2[nH]1)C1CCS(=O)(=O)C1. The number of methoxy groups -OCH3 is 1. The van der Waals surface area contributed by atoms with Crippen LogP contribution in [0.1, 0.15) is 19.8 Å². The molecule has 9 heteroatoms. The number of imidazole rings is 1. The number of nitrogens with zero attached hydrogens (tertiary/aromatic N) is 2. The van der Waals surface area contributed by atoms with E-state index < -0.39 is 9.84 Å². The number of thioether (sulfide) groups is 1. The van der Waals surface area contributed by atoms with Crippen LogP contribution in [-0.4, -0.2) is 66.1 Å². The number of H-pyrrole nitrogens is 1. The summed E-state index contributed by atoms with van der Waals surface area (Å²) in [6.45, 7) is 2.57. The van der Waals surface area contributed by atoms with Crippen LogP contribution in [0.5, 0.6) is 5.75 Å². The van der Waals surface area contributed by atoms with Crippen molar-refractivity contribution in [1.29, 1.82) is 0 Å². The number of carbonyl (C=O) groups is 1. The molecule has 3 rings (SSSR count). The number of hydrogen-bond acceptors (Lipinski definition) is 6. The third kappa shape index (κ3) is 4.32. The number of nitrogens with one attached hydrogen (secondary N) is 1. The molecule has 0 spiro atoms. The molecule has 0 bridgehead atoms. The standard InChI is InChI=1S/C17H23N3O4S2/c1-3-7-20(12-6-8-26(22,23)11-12)16(21)10-25-17-18-14-5-4-13(24-2)9-15(14)19-17/h4-5,9,12H,3,6-8,10-11H2,1-2H3,(H,18,19). The Morgan fingerprint density at radius 3 is 2.92 bits per heavy atom. The molecule has 1 amide bonds. The van der Waals surface area contributed by atoms with Gasteiger partial charge in [0.25, 0.3) is 0 Å². The van der Waals surface area contributed by atoms with Crippen molar-refractivity contribution >= 4 is 38.5 Å². The van der Waals surface area contributed by atoms with Crippen molar-refractivity contribution < 1.29 is 17.9 Å². The van der Waals surface area contributed by atoms with Crippen molar-refractivity contribution in [3.63, 3.8) is 0 Å². The summed E-state index contributed by atoms with van der Waals surface area (Å²) in [5, 5.41) is 0.664. The Kier molecular flexibility index (Phi) is 5.76. The van der Waals surface area contributed by atoms with Crippen molar-refractivity contribution in [2.24, 2.45) is 0 Å². The average molecular weight is 398 g/mol. The number of rotatable bonds is 7. The summed E-state index contributed by atoms with van der Waals surface area (Å²) in [5.41, 5.74) is 1.67. The Morgan fingerprint density at radius 2 is 2.27 bits per heavy atom. The molecule has 0 radical (unpaired) electrons. The molecule has 1 saturated heterocycles. The minimum atomic E-state index is -3.01. The fourth-order valence-electron chi connectivity index (χ4n) is 3.15. The maximum atomic E-state index is 12.7. The lowest BCUT2D eigenvalue weighted by atomic mass is 10.2. The van der Waals surface area contributed by atoms with Gasteiger partial charge >= 0.3 is 0 Å². The van der Waals surface area contributed by atoms with Gasteiger partial charge in [-0.05, 0) is 25.0 Å². The highest BCUT2D eigenvalue weighted by Gasteiger charge is 2.34. The van der Waals surface area contributed by atoms with Crippen LogP contribution in [0.2, 0.25) is 0 Å². The van der Waals surface area contributed by atoms with Gasteiger partial charge in [0.1, 0.15) is 5.75 Å². The molecule has 1 unspecified atom stereocenters. The fourth-order valence-corrected chi connectivity index (χ4v) is 5.65. The summed E-state index contributed by atoms with van der Waals surface area (Å²) in [6.07, 6.45) is 1.33. The van der Waals surface area contributed by atoms with Crippen LogP contribution in [0, 0.1) is 0 Å². The van der Waals surface area contributed by atoms with Crippen LogP contribution in [0.4, 0.5) is 0 Å². The summed E-state index contributed by atoms with van der Waals surface area (Å²) in [6, 6.07) is 5.37. The first-order valence-electron chi connectivity index (χ1n) is 8.58. The van der Waals surface area contributed by atoms with E-state index in [1.165, 1.54) is 11.8 Å². The predicted molar refractivity (Wildman–Crippen MR) is 102 cm³/mol. The molecule has 26 heavy (non-hydrogen) atoms. The van der Waals surface area contributed by atoms with Gasteiger partial charge in [-0.3, -0.25) is 4.79 Å². The van der Waals surface area contributed by atoms with Crippen molar-refractivity contribution in [2.75, 3.05) is 30.9 Å². The minimum Gasteiger partial charge on any atom is -0.497 e. The zero-order chi connectivity index (χ0) is 18.7. The van der Waals surface area contributed by atoms with Crippen molar-refractivity contribution in [2.45, 2.75) is 31.0 Å². The molecule has 1 aliphatic heterocycles. The lowest BCUT2D eigenvalue weighted by Crippen LogP contribution is -2.42. The summed E-state index contributed by atoms with van der Waals surface area (Å²) >= 11 is 1.33. The number of aromatic amines is 1. The first-order valence-corrected chi connectivity index (χ1v) is 11.4. The topological polar surface area (TPSA) is 92.4 Å².